The van der Waals surface area contributed by atoms with Crippen molar-refractivity contribution in [3.05, 3.63) is 52.5 Å². The number of rotatable bonds is 7. The van der Waals surface area contributed by atoms with Gasteiger partial charge in [0.05, 0.1) is 15.9 Å². The Bertz CT molecular complexity index is 777. The van der Waals surface area contributed by atoms with Crippen molar-refractivity contribution in [2.75, 3.05) is 6.54 Å². The van der Waals surface area contributed by atoms with Gasteiger partial charge < -0.3 is 9.88 Å². The van der Waals surface area contributed by atoms with Crippen LogP contribution in [-0.2, 0) is 13.0 Å². The van der Waals surface area contributed by atoms with Gasteiger partial charge in [-0.05, 0) is 36.4 Å². The Morgan fingerprint density at radius 2 is 2.13 bits per heavy atom. The molecule has 0 aliphatic rings. The van der Waals surface area contributed by atoms with Crippen LogP contribution >= 0.6 is 11.3 Å². The van der Waals surface area contributed by atoms with Gasteiger partial charge in [-0.3, -0.25) is 4.79 Å². The maximum atomic E-state index is 11.9. The lowest BCUT2D eigenvalue weighted by molar-refractivity contribution is 0.0957. The first kappa shape index (κ1) is 15.7. The van der Waals surface area contributed by atoms with Gasteiger partial charge in [-0.2, -0.15) is 0 Å². The molecule has 0 spiro atoms. The quantitative estimate of drug-likeness (QED) is 0.670. The molecule has 0 saturated carbocycles. The number of carbonyl (C=O) groups excluding carboxylic acids is 1. The van der Waals surface area contributed by atoms with E-state index in [4.69, 9.17) is 4.98 Å². The van der Waals surface area contributed by atoms with Crippen LogP contribution < -0.4 is 5.32 Å². The molecule has 0 radical (unpaired) electrons. The van der Waals surface area contributed by atoms with Gasteiger partial charge in [0.2, 0.25) is 0 Å². The molecular weight excluding hydrogens is 306 g/mol. The zero-order valence-electron chi connectivity index (χ0n) is 13.3. The summed E-state index contributed by atoms with van der Waals surface area (Å²) in [6.07, 6.45) is 2.85. The second kappa shape index (κ2) is 7.42. The van der Waals surface area contributed by atoms with Crippen LogP contribution in [0.3, 0.4) is 0 Å². The lowest BCUT2D eigenvalue weighted by Gasteiger charge is -2.08. The van der Waals surface area contributed by atoms with Crippen molar-refractivity contribution in [2.24, 2.45) is 0 Å². The average molecular weight is 327 g/mol. The number of carbonyl (C=O) groups is 1. The van der Waals surface area contributed by atoms with Crippen molar-refractivity contribution < 1.29 is 4.79 Å². The molecule has 2 heterocycles. The van der Waals surface area contributed by atoms with Gasteiger partial charge in [-0.25, -0.2) is 4.98 Å². The normalized spacial score (nSPS) is 11.0. The zero-order valence-corrected chi connectivity index (χ0v) is 14.1. The van der Waals surface area contributed by atoms with Gasteiger partial charge in [-0.1, -0.05) is 25.1 Å². The van der Waals surface area contributed by atoms with E-state index in [1.807, 2.05) is 23.6 Å². The van der Waals surface area contributed by atoms with E-state index in [1.165, 1.54) is 16.9 Å². The molecule has 4 nitrogen and oxygen atoms in total. The standard InChI is InChI=1S/C18H21N3OS/c1-2-12-21-15-8-4-3-7-14(15)20-17(21)10-5-11-19-18(22)16-9-6-13-23-16/h3-4,6-9,13H,2,5,10-12H2,1H3,(H,19,22). The van der Waals surface area contributed by atoms with Crippen molar-refractivity contribution in [1.29, 1.82) is 0 Å². The maximum Gasteiger partial charge on any atom is 0.261 e. The Hall–Kier alpha value is -2.14. The topological polar surface area (TPSA) is 46.9 Å². The molecule has 0 bridgehead atoms. The summed E-state index contributed by atoms with van der Waals surface area (Å²) in [5, 5.41) is 4.89. The Labute approximate surface area is 140 Å². The van der Waals surface area contributed by atoms with E-state index in [0.717, 1.165) is 42.0 Å². The summed E-state index contributed by atoms with van der Waals surface area (Å²) >= 11 is 1.47. The number of para-hydroxylation sites is 2. The molecule has 0 aliphatic carbocycles. The Balaban J connectivity index is 1.60. The number of thiophene rings is 1. The minimum Gasteiger partial charge on any atom is -0.351 e. The van der Waals surface area contributed by atoms with Crippen LogP contribution in [0.4, 0.5) is 0 Å². The van der Waals surface area contributed by atoms with Gasteiger partial charge in [0.15, 0.2) is 0 Å². The highest BCUT2D eigenvalue weighted by Gasteiger charge is 2.10. The number of aromatic nitrogens is 2. The van der Waals surface area contributed by atoms with Crippen molar-refractivity contribution >= 4 is 28.3 Å². The summed E-state index contributed by atoms with van der Waals surface area (Å²) in [6, 6.07) is 12.0. The minimum absolute atomic E-state index is 0.0158. The molecule has 1 N–H and O–H groups in total. The van der Waals surface area contributed by atoms with Crippen molar-refractivity contribution in [1.82, 2.24) is 14.9 Å². The number of fused-ring (bicyclic) bond motifs is 1. The van der Waals surface area contributed by atoms with Crippen molar-refractivity contribution in [3.8, 4) is 0 Å². The van der Waals surface area contributed by atoms with Crippen LogP contribution in [0.5, 0.6) is 0 Å². The summed E-state index contributed by atoms with van der Waals surface area (Å²) in [5.41, 5.74) is 2.26. The molecule has 0 fully saturated rings. The van der Waals surface area contributed by atoms with E-state index in [2.05, 4.69) is 35.0 Å². The number of hydrogen-bond acceptors (Lipinski definition) is 3. The van der Waals surface area contributed by atoms with E-state index in [0.29, 0.717) is 6.54 Å². The maximum absolute atomic E-state index is 11.9. The van der Waals surface area contributed by atoms with E-state index >= 15 is 0 Å². The number of hydrogen-bond donors (Lipinski definition) is 1. The molecule has 3 rings (SSSR count). The molecule has 0 atom stereocenters. The average Bonchev–Trinajstić information content (AvgIpc) is 3.20. The predicted molar refractivity (Wildman–Crippen MR) is 95.0 cm³/mol. The number of nitrogens with zero attached hydrogens (tertiary/aromatic N) is 2. The zero-order chi connectivity index (χ0) is 16.1. The first-order chi connectivity index (χ1) is 11.3. The van der Waals surface area contributed by atoms with Gasteiger partial charge in [-0.15, -0.1) is 11.3 Å². The fourth-order valence-electron chi connectivity index (χ4n) is 2.73. The molecule has 5 heteroatoms. The minimum atomic E-state index is 0.0158. The molecule has 3 aromatic rings. The summed E-state index contributed by atoms with van der Waals surface area (Å²) in [5.74, 6) is 1.13. The summed E-state index contributed by atoms with van der Waals surface area (Å²) in [6.45, 7) is 3.84. The SMILES string of the molecule is CCCn1c(CCCNC(=O)c2cccs2)nc2ccccc21. The van der Waals surface area contributed by atoms with Crippen LogP contribution in [0.1, 0.15) is 35.3 Å². The largest absolute Gasteiger partial charge is 0.351 e. The molecule has 0 aliphatic heterocycles. The lowest BCUT2D eigenvalue weighted by atomic mass is 10.3. The molecule has 1 aromatic carbocycles. The fraction of sp³-hybridized carbons (Fsp3) is 0.333. The Morgan fingerprint density at radius 3 is 2.91 bits per heavy atom. The molecule has 1 amide bonds. The number of imidazole rings is 1. The third kappa shape index (κ3) is 3.62. The number of aryl methyl sites for hydroxylation is 2. The molecule has 0 saturated heterocycles. The van der Waals surface area contributed by atoms with Crippen LogP contribution in [0.25, 0.3) is 11.0 Å². The molecule has 0 unspecified atom stereocenters. The third-order valence-electron chi connectivity index (χ3n) is 3.79. The van der Waals surface area contributed by atoms with Crippen LogP contribution in [0, 0.1) is 0 Å². The van der Waals surface area contributed by atoms with Crippen LogP contribution in [0.15, 0.2) is 41.8 Å². The van der Waals surface area contributed by atoms with E-state index in [1.54, 1.807) is 0 Å². The lowest BCUT2D eigenvalue weighted by Crippen LogP contribution is -2.24. The van der Waals surface area contributed by atoms with Crippen LogP contribution in [0.2, 0.25) is 0 Å². The number of amides is 1. The van der Waals surface area contributed by atoms with Gasteiger partial charge >= 0.3 is 0 Å². The van der Waals surface area contributed by atoms with Crippen molar-refractivity contribution in [2.45, 2.75) is 32.7 Å². The first-order valence-corrected chi connectivity index (χ1v) is 8.93. The molecule has 2 aromatic heterocycles. The molecular formula is C18H21N3OS. The second-order valence-corrected chi connectivity index (χ2v) is 6.45. The molecule has 23 heavy (non-hydrogen) atoms. The predicted octanol–water partition coefficient (Wildman–Crippen LogP) is 3.87. The van der Waals surface area contributed by atoms with Crippen molar-refractivity contribution in [3.63, 3.8) is 0 Å². The fourth-order valence-corrected chi connectivity index (χ4v) is 3.37. The molecule has 120 valence electrons. The third-order valence-corrected chi connectivity index (χ3v) is 4.66. The smallest absolute Gasteiger partial charge is 0.261 e. The van der Waals surface area contributed by atoms with Gasteiger partial charge in [0, 0.05) is 19.5 Å². The van der Waals surface area contributed by atoms with Gasteiger partial charge in [0.25, 0.3) is 5.91 Å². The first-order valence-electron chi connectivity index (χ1n) is 8.05. The van der Waals surface area contributed by atoms with Gasteiger partial charge in [0.1, 0.15) is 5.82 Å². The second-order valence-electron chi connectivity index (χ2n) is 5.51. The van der Waals surface area contributed by atoms with E-state index in [9.17, 15) is 4.79 Å². The van der Waals surface area contributed by atoms with E-state index < -0.39 is 0 Å². The summed E-state index contributed by atoms with van der Waals surface area (Å²) in [7, 11) is 0. The Morgan fingerprint density at radius 1 is 1.26 bits per heavy atom. The highest BCUT2D eigenvalue weighted by atomic mass is 32.1. The Kier molecular flexibility index (Phi) is 5.08. The van der Waals surface area contributed by atoms with E-state index in [-0.39, 0.29) is 5.91 Å². The number of nitrogens with one attached hydrogen (secondary N) is 1. The number of benzene rings is 1. The van der Waals surface area contributed by atoms with Crippen LogP contribution in [-0.4, -0.2) is 22.0 Å². The summed E-state index contributed by atoms with van der Waals surface area (Å²) < 4.78 is 2.30. The summed E-state index contributed by atoms with van der Waals surface area (Å²) in [4.78, 5) is 17.4. The monoisotopic (exact) mass is 327 g/mol. The highest BCUT2D eigenvalue weighted by molar-refractivity contribution is 7.12. The highest BCUT2D eigenvalue weighted by Crippen LogP contribution is 2.17.